The molecular weight excluding hydrogens is 318 g/mol. The number of aromatic nitrogens is 2. The van der Waals surface area contributed by atoms with E-state index in [0.29, 0.717) is 18.7 Å². The molecule has 0 bridgehead atoms. The maximum Gasteiger partial charge on any atom is 0.217 e. The minimum Gasteiger partial charge on any atom is -0.497 e. The zero-order valence-corrected chi connectivity index (χ0v) is 13.4. The molecule has 0 atom stereocenters. The van der Waals surface area contributed by atoms with Gasteiger partial charge in [0, 0.05) is 29.7 Å². The molecular formula is C15H17N3O4S. The lowest BCUT2D eigenvalue weighted by atomic mass is 10.1. The molecule has 0 saturated carbocycles. The summed E-state index contributed by atoms with van der Waals surface area (Å²) >= 11 is 0. The highest BCUT2D eigenvalue weighted by Gasteiger charge is 2.13. The quantitative estimate of drug-likeness (QED) is 0.686. The van der Waals surface area contributed by atoms with Gasteiger partial charge < -0.3 is 14.2 Å². The SMILES string of the molecule is COc1ccc2[nH]cc(CCNS(=O)(=O)Cc3ccon3)c2c1. The van der Waals surface area contributed by atoms with Crippen LogP contribution in [0.4, 0.5) is 0 Å². The van der Waals surface area contributed by atoms with E-state index in [1.54, 1.807) is 7.11 Å². The Morgan fingerprint density at radius 3 is 2.96 bits per heavy atom. The van der Waals surface area contributed by atoms with Crippen LogP contribution in [0.1, 0.15) is 11.3 Å². The molecule has 2 aromatic heterocycles. The van der Waals surface area contributed by atoms with Crippen molar-refractivity contribution in [3.63, 3.8) is 0 Å². The van der Waals surface area contributed by atoms with Gasteiger partial charge in [-0.25, -0.2) is 13.1 Å². The average Bonchev–Trinajstić information content (AvgIpc) is 3.16. The number of ether oxygens (including phenoxy) is 1. The molecule has 2 N–H and O–H groups in total. The smallest absolute Gasteiger partial charge is 0.217 e. The standard InChI is InChI=1S/C15H17N3O4S/c1-21-13-2-3-15-14(8-13)11(9-16-15)4-6-17-23(19,20)10-12-5-7-22-18-12/h2-3,5,7-9,16-17H,4,6,10H2,1H3. The minimum atomic E-state index is -3.43. The molecule has 122 valence electrons. The lowest BCUT2D eigenvalue weighted by Crippen LogP contribution is -2.27. The van der Waals surface area contributed by atoms with Crippen LogP contribution in [0.2, 0.25) is 0 Å². The van der Waals surface area contributed by atoms with Crippen molar-refractivity contribution in [2.75, 3.05) is 13.7 Å². The molecule has 0 aliphatic rings. The van der Waals surface area contributed by atoms with Crippen LogP contribution in [0, 0.1) is 0 Å². The Labute approximate surface area is 133 Å². The molecule has 7 nitrogen and oxygen atoms in total. The Balaban J connectivity index is 1.64. The van der Waals surface area contributed by atoms with E-state index in [1.807, 2.05) is 24.4 Å². The molecule has 0 saturated heterocycles. The van der Waals surface area contributed by atoms with Gasteiger partial charge >= 0.3 is 0 Å². The second kappa shape index (κ2) is 6.43. The highest BCUT2D eigenvalue weighted by Crippen LogP contribution is 2.23. The molecule has 0 radical (unpaired) electrons. The molecule has 0 aliphatic heterocycles. The summed E-state index contributed by atoms with van der Waals surface area (Å²) in [4.78, 5) is 3.17. The number of rotatable bonds is 7. The monoisotopic (exact) mass is 335 g/mol. The molecule has 3 rings (SSSR count). The summed E-state index contributed by atoms with van der Waals surface area (Å²) in [6.45, 7) is 0.310. The van der Waals surface area contributed by atoms with Crippen LogP contribution in [0.5, 0.6) is 5.75 Å². The maximum atomic E-state index is 12.0. The summed E-state index contributed by atoms with van der Waals surface area (Å²) in [7, 11) is -1.81. The maximum absolute atomic E-state index is 12.0. The Hall–Kier alpha value is -2.32. The number of fused-ring (bicyclic) bond motifs is 1. The van der Waals surface area contributed by atoms with Gasteiger partial charge in [0.1, 0.15) is 17.8 Å². The van der Waals surface area contributed by atoms with E-state index in [-0.39, 0.29) is 5.75 Å². The topological polar surface area (TPSA) is 97.2 Å². The van der Waals surface area contributed by atoms with Crippen molar-refractivity contribution in [2.45, 2.75) is 12.2 Å². The van der Waals surface area contributed by atoms with Gasteiger partial charge in [-0.15, -0.1) is 0 Å². The van der Waals surface area contributed by atoms with Crippen molar-refractivity contribution >= 4 is 20.9 Å². The number of nitrogens with zero attached hydrogens (tertiary/aromatic N) is 1. The second-order valence-electron chi connectivity index (χ2n) is 5.12. The van der Waals surface area contributed by atoms with Crippen LogP contribution in [-0.4, -0.2) is 32.2 Å². The van der Waals surface area contributed by atoms with E-state index in [1.165, 1.54) is 12.3 Å². The summed E-state index contributed by atoms with van der Waals surface area (Å²) in [5, 5.41) is 4.63. The number of methoxy groups -OCH3 is 1. The second-order valence-corrected chi connectivity index (χ2v) is 6.93. The van der Waals surface area contributed by atoms with Crippen LogP contribution in [0.25, 0.3) is 10.9 Å². The van der Waals surface area contributed by atoms with E-state index in [0.717, 1.165) is 22.2 Å². The summed E-state index contributed by atoms with van der Waals surface area (Å²) in [6, 6.07) is 7.28. The molecule has 0 amide bonds. The van der Waals surface area contributed by atoms with E-state index < -0.39 is 10.0 Å². The first kappa shape index (κ1) is 15.6. The van der Waals surface area contributed by atoms with Crippen molar-refractivity contribution in [2.24, 2.45) is 0 Å². The van der Waals surface area contributed by atoms with E-state index >= 15 is 0 Å². The van der Waals surface area contributed by atoms with Gasteiger partial charge in [-0.05, 0) is 30.2 Å². The molecule has 0 unspecified atom stereocenters. The van der Waals surface area contributed by atoms with E-state index in [2.05, 4.69) is 19.4 Å². The molecule has 2 heterocycles. The van der Waals surface area contributed by atoms with Crippen molar-refractivity contribution in [3.05, 3.63) is 48.0 Å². The third-order valence-electron chi connectivity index (χ3n) is 3.52. The Morgan fingerprint density at radius 1 is 1.35 bits per heavy atom. The predicted molar refractivity (Wildman–Crippen MR) is 85.7 cm³/mol. The first-order valence-corrected chi connectivity index (χ1v) is 8.73. The van der Waals surface area contributed by atoms with Crippen molar-refractivity contribution in [3.8, 4) is 5.75 Å². The van der Waals surface area contributed by atoms with Crippen molar-refractivity contribution in [1.82, 2.24) is 14.9 Å². The fourth-order valence-corrected chi connectivity index (χ4v) is 3.44. The predicted octanol–water partition coefficient (Wildman–Crippen LogP) is 1.83. The fourth-order valence-electron chi connectivity index (χ4n) is 2.39. The molecule has 1 aromatic carbocycles. The molecule has 0 aliphatic carbocycles. The zero-order valence-electron chi connectivity index (χ0n) is 12.6. The zero-order chi connectivity index (χ0) is 16.3. The number of hydrogen-bond donors (Lipinski definition) is 2. The summed E-state index contributed by atoms with van der Waals surface area (Å²) in [5.74, 6) is 0.579. The lowest BCUT2D eigenvalue weighted by molar-refractivity contribution is 0.413. The van der Waals surface area contributed by atoms with E-state index in [4.69, 9.17) is 4.74 Å². The Kier molecular flexibility index (Phi) is 4.35. The van der Waals surface area contributed by atoms with Crippen LogP contribution >= 0.6 is 0 Å². The summed E-state index contributed by atoms with van der Waals surface area (Å²) in [5.41, 5.74) is 2.41. The Bertz CT molecular complexity index is 885. The van der Waals surface area contributed by atoms with Gasteiger partial charge in [0.05, 0.1) is 12.8 Å². The van der Waals surface area contributed by atoms with Crippen LogP contribution < -0.4 is 9.46 Å². The number of H-pyrrole nitrogens is 1. The molecule has 3 aromatic rings. The normalized spacial score (nSPS) is 11.9. The molecule has 23 heavy (non-hydrogen) atoms. The van der Waals surface area contributed by atoms with E-state index in [9.17, 15) is 8.42 Å². The fraction of sp³-hybridized carbons (Fsp3) is 0.267. The highest BCUT2D eigenvalue weighted by molar-refractivity contribution is 7.88. The number of benzene rings is 1. The number of sulfonamides is 1. The average molecular weight is 335 g/mol. The van der Waals surface area contributed by atoms with Gasteiger partial charge in [-0.1, -0.05) is 5.16 Å². The third-order valence-corrected chi connectivity index (χ3v) is 4.84. The number of aromatic amines is 1. The highest BCUT2D eigenvalue weighted by atomic mass is 32.2. The minimum absolute atomic E-state index is 0.189. The lowest BCUT2D eigenvalue weighted by Gasteiger charge is -2.05. The summed E-state index contributed by atoms with van der Waals surface area (Å²) < 4.78 is 36.4. The molecule has 0 fully saturated rings. The van der Waals surface area contributed by atoms with Gasteiger partial charge in [-0.3, -0.25) is 0 Å². The summed E-state index contributed by atoms with van der Waals surface area (Å²) in [6.07, 6.45) is 3.81. The van der Waals surface area contributed by atoms with Crippen molar-refractivity contribution < 1.29 is 17.7 Å². The number of nitrogens with one attached hydrogen (secondary N) is 2. The Morgan fingerprint density at radius 2 is 2.22 bits per heavy atom. The molecule has 0 spiro atoms. The van der Waals surface area contributed by atoms with Gasteiger partial charge in [0.2, 0.25) is 10.0 Å². The van der Waals surface area contributed by atoms with Crippen LogP contribution in [-0.2, 0) is 22.2 Å². The van der Waals surface area contributed by atoms with Gasteiger partial charge in [0.25, 0.3) is 0 Å². The van der Waals surface area contributed by atoms with Gasteiger partial charge in [0.15, 0.2) is 0 Å². The van der Waals surface area contributed by atoms with Gasteiger partial charge in [-0.2, -0.15) is 0 Å². The first-order valence-electron chi connectivity index (χ1n) is 7.08. The largest absolute Gasteiger partial charge is 0.497 e. The first-order chi connectivity index (χ1) is 11.1. The van der Waals surface area contributed by atoms with Crippen molar-refractivity contribution in [1.29, 1.82) is 0 Å². The molecule has 8 heteroatoms. The number of hydrogen-bond acceptors (Lipinski definition) is 5. The third kappa shape index (κ3) is 3.72. The van der Waals surface area contributed by atoms with Crippen LogP contribution in [0.15, 0.2) is 41.2 Å². The van der Waals surface area contributed by atoms with Crippen LogP contribution in [0.3, 0.4) is 0 Å².